The second kappa shape index (κ2) is 17.8. The highest BCUT2D eigenvalue weighted by atomic mass is 19.4. The molecule has 1 fully saturated rings. The lowest BCUT2D eigenvalue weighted by Crippen LogP contribution is -2.42. The van der Waals surface area contributed by atoms with Gasteiger partial charge in [-0.25, -0.2) is 4.79 Å². The van der Waals surface area contributed by atoms with Gasteiger partial charge in [0, 0.05) is 6.61 Å². The Bertz CT molecular complexity index is 757. The topological polar surface area (TPSA) is 44.8 Å². The van der Waals surface area contributed by atoms with Crippen LogP contribution in [0, 0.1) is 5.92 Å². The summed E-state index contributed by atoms with van der Waals surface area (Å²) in [5.74, 6) is 0.619. The van der Waals surface area contributed by atoms with E-state index in [4.69, 9.17) is 14.2 Å². The fraction of sp³-hybridized carbons (Fsp3) is 0.774. The Morgan fingerprint density at radius 2 is 1.50 bits per heavy atom. The summed E-state index contributed by atoms with van der Waals surface area (Å²) in [5, 5.41) is 0. The van der Waals surface area contributed by atoms with E-state index in [1.807, 2.05) is 19.1 Å². The molecule has 7 heteroatoms. The van der Waals surface area contributed by atoms with Crippen LogP contribution in [0.3, 0.4) is 0 Å². The molecule has 38 heavy (non-hydrogen) atoms. The highest BCUT2D eigenvalue weighted by Crippen LogP contribution is 2.38. The van der Waals surface area contributed by atoms with E-state index in [9.17, 15) is 18.0 Å². The van der Waals surface area contributed by atoms with E-state index in [-0.39, 0.29) is 13.2 Å². The molecule has 0 aliphatic heterocycles. The van der Waals surface area contributed by atoms with Crippen molar-refractivity contribution in [3.05, 3.63) is 29.8 Å². The summed E-state index contributed by atoms with van der Waals surface area (Å²) in [6, 6.07) is 7.94. The van der Waals surface area contributed by atoms with Crippen LogP contribution in [0.15, 0.2) is 24.3 Å². The van der Waals surface area contributed by atoms with Crippen LogP contribution < -0.4 is 4.74 Å². The van der Waals surface area contributed by atoms with Crippen molar-refractivity contribution in [3.63, 3.8) is 0 Å². The van der Waals surface area contributed by atoms with E-state index in [2.05, 4.69) is 19.1 Å². The summed E-state index contributed by atoms with van der Waals surface area (Å²) >= 11 is 0. The zero-order valence-corrected chi connectivity index (χ0v) is 23.7. The van der Waals surface area contributed by atoms with E-state index in [0.717, 1.165) is 18.8 Å². The Kier molecular flexibility index (Phi) is 15.2. The molecule has 1 aliphatic carbocycles. The lowest BCUT2D eigenvalue weighted by atomic mass is 9.77. The van der Waals surface area contributed by atoms with Crippen LogP contribution in [0.25, 0.3) is 0 Å². The monoisotopic (exact) mass is 542 g/mol. The first-order chi connectivity index (χ1) is 18.2. The molecule has 2 unspecified atom stereocenters. The van der Waals surface area contributed by atoms with Crippen molar-refractivity contribution in [3.8, 4) is 5.75 Å². The molecule has 1 aromatic rings. The maximum Gasteiger partial charge on any atom is 0.425 e. The predicted octanol–water partition coefficient (Wildman–Crippen LogP) is 9.16. The molecule has 0 aromatic heterocycles. The molecule has 218 valence electrons. The summed E-state index contributed by atoms with van der Waals surface area (Å²) in [6.45, 7) is 5.54. The van der Waals surface area contributed by atoms with Crippen LogP contribution in [-0.4, -0.2) is 37.6 Å². The molecule has 0 amide bonds. The fourth-order valence-corrected chi connectivity index (χ4v) is 5.19. The van der Waals surface area contributed by atoms with Crippen LogP contribution in [-0.2, 0) is 14.3 Å². The molecular formula is C31H49F3O4. The Balaban J connectivity index is 1.70. The molecular weight excluding hydrogens is 493 g/mol. The molecule has 1 saturated carbocycles. The van der Waals surface area contributed by atoms with Gasteiger partial charge in [-0.05, 0) is 68.6 Å². The number of esters is 1. The third-order valence-electron chi connectivity index (χ3n) is 7.51. The zero-order chi connectivity index (χ0) is 27.8. The van der Waals surface area contributed by atoms with Gasteiger partial charge in [-0.2, -0.15) is 13.2 Å². The maximum atomic E-state index is 13.2. The summed E-state index contributed by atoms with van der Waals surface area (Å²) < 4.78 is 55.2. The molecule has 2 atom stereocenters. The summed E-state index contributed by atoms with van der Waals surface area (Å²) in [6.07, 6.45) is 8.36. The van der Waals surface area contributed by atoms with Gasteiger partial charge in [0.25, 0.3) is 6.10 Å². The van der Waals surface area contributed by atoms with Crippen LogP contribution in [0.1, 0.15) is 122 Å². The second-order valence-electron chi connectivity index (χ2n) is 10.9. The highest BCUT2D eigenvalue weighted by Gasteiger charge is 2.47. The molecule has 0 saturated heterocycles. The smallest absolute Gasteiger partial charge is 0.425 e. The summed E-state index contributed by atoms with van der Waals surface area (Å²) in [5.41, 5.74) is 1.31. The predicted molar refractivity (Wildman–Crippen MR) is 146 cm³/mol. The number of carbonyl (C=O) groups is 1. The molecule has 0 radical (unpaired) electrons. The fourth-order valence-electron chi connectivity index (χ4n) is 5.19. The van der Waals surface area contributed by atoms with E-state index < -0.39 is 24.4 Å². The Hall–Kier alpha value is -1.76. The van der Waals surface area contributed by atoms with Crippen molar-refractivity contribution >= 4 is 5.97 Å². The van der Waals surface area contributed by atoms with E-state index >= 15 is 0 Å². The Morgan fingerprint density at radius 3 is 2.13 bits per heavy atom. The zero-order valence-electron chi connectivity index (χ0n) is 23.7. The van der Waals surface area contributed by atoms with Gasteiger partial charge in [-0.3, -0.25) is 0 Å². The molecule has 0 bridgehead atoms. The van der Waals surface area contributed by atoms with E-state index in [1.54, 1.807) is 0 Å². The summed E-state index contributed by atoms with van der Waals surface area (Å²) in [7, 11) is 0. The molecule has 0 spiro atoms. The number of rotatable bonds is 18. The number of benzene rings is 1. The minimum Gasteiger partial charge on any atom is -0.490 e. The minimum absolute atomic E-state index is 0.0327. The van der Waals surface area contributed by atoms with Gasteiger partial charge in [0.2, 0.25) is 0 Å². The summed E-state index contributed by atoms with van der Waals surface area (Å²) in [4.78, 5) is 12.1. The number of halogens is 3. The van der Waals surface area contributed by atoms with Crippen molar-refractivity contribution in [2.75, 3.05) is 13.2 Å². The largest absolute Gasteiger partial charge is 0.490 e. The van der Waals surface area contributed by atoms with Gasteiger partial charge in [-0.15, -0.1) is 0 Å². The number of carbonyl (C=O) groups excluding carboxylic acids is 1. The van der Waals surface area contributed by atoms with Gasteiger partial charge in [0.1, 0.15) is 18.5 Å². The number of hydrogen-bond donors (Lipinski definition) is 0. The van der Waals surface area contributed by atoms with Gasteiger partial charge in [0.15, 0.2) is 0 Å². The van der Waals surface area contributed by atoms with Gasteiger partial charge in [0.05, 0.1) is 0 Å². The average Bonchev–Trinajstić information content (AvgIpc) is 2.89. The van der Waals surface area contributed by atoms with Crippen molar-refractivity contribution in [1.82, 2.24) is 0 Å². The average molecular weight is 543 g/mol. The lowest BCUT2D eigenvalue weighted by Gasteiger charge is -2.29. The second-order valence-corrected chi connectivity index (χ2v) is 10.9. The molecule has 4 nitrogen and oxygen atoms in total. The maximum absolute atomic E-state index is 13.2. The number of unbranched alkanes of at least 4 members (excludes halogenated alkanes) is 7. The van der Waals surface area contributed by atoms with Crippen LogP contribution in [0.2, 0.25) is 0 Å². The highest BCUT2D eigenvalue weighted by molar-refractivity contribution is 5.75. The van der Waals surface area contributed by atoms with Gasteiger partial charge >= 0.3 is 12.1 Å². The molecule has 2 rings (SSSR count). The van der Waals surface area contributed by atoms with E-state index in [1.165, 1.54) is 83.1 Å². The molecule has 0 N–H and O–H groups in total. The van der Waals surface area contributed by atoms with Crippen LogP contribution >= 0.6 is 0 Å². The first kappa shape index (κ1) is 32.5. The third kappa shape index (κ3) is 12.4. The van der Waals surface area contributed by atoms with Gasteiger partial charge in [-0.1, -0.05) is 83.8 Å². The molecule has 1 aliphatic rings. The normalized spacial score (nSPS) is 19.6. The Labute approximate surface area is 228 Å². The SMILES string of the molecule is CCCCCCCCC1CCC(c2ccc(OCC(C)OC(=O)C(OCCCCC)C(F)(F)F)cc2)CC1. The Morgan fingerprint density at radius 1 is 0.895 bits per heavy atom. The first-order valence-electron chi connectivity index (χ1n) is 14.9. The van der Waals surface area contributed by atoms with Crippen molar-refractivity contribution in [2.45, 2.75) is 135 Å². The van der Waals surface area contributed by atoms with E-state index in [0.29, 0.717) is 18.1 Å². The standard InChI is InChI=1S/C31H49F3O4/c1-4-6-8-9-10-11-13-25-14-16-26(17-15-25)27-18-20-28(21-19-27)37-23-24(3)38-30(35)29(31(32,33)34)36-22-12-7-5-2/h18-21,24-26,29H,4-17,22-23H2,1-3H3. The molecule has 0 heterocycles. The van der Waals surface area contributed by atoms with Crippen LogP contribution in [0.5, 0.6) is 5.75 Å². The number of ether oxygens (including phenoxy) is 3. The quantitative estimate of drug-likeness (QED) is 0.137. The number of alkyl halides is 3. The van der Waals surface area contributed by atoms with Gasteiger partial charge < -0.3 is 14.2 Å². The van der Waals surface area contributed by atoms with Crippen molar-refractivity contribution in [2.24, 2.45) is 5.92 Å². The first-order valence-corrected chi connectivity index (χ1v) is 14.9. The van der Waals surface area contributed by atoms with Crippen LogP contribution in [0.4, 0.5) is 13.2 Å². The third-order valence-corrected chi connectivity index (χ3v) is 7.51. The molecule has 1 aromatic carbocycles. The lowest BCUT2D eigenvalue weighted by molar-refractivity contribution is -0.232. The van der Waals surface area contributed by atoms with Crippen molar-refractivity contribution in [1.29, 1.82) is 0 Å². The van der Waals surface area contributed by atoms with Crippen molar-refractivity contribution < 1.29 is 32.2 Å². The number of hydrogen-bond acceptors (Lipinski definition) is 4. The minimum atomic E-state index is -4.81.